The average molecular weight is 1590 g/mol. The molecule has 3 aromatic heterocycles. The molecule has 5 atom stereocenters. The first-order valence-corrected chi connectivity index (χ1v) is 43.2. The lowest BCUT2D eigenvalue weighted by Gasteiger charge is -2.27. The van der Waals surface area contributed by atoms with Crippen LogP contribution in [-0.4, -0.2) is 99.5 Å². The fourth-order valence-corrected chi connectivity index (χ4v) is 19.5. The Morgan fingerprint density at radius 2 is 0.894 bits per heavy atom. The lowest BCUT2D eigenvalue weighted by molar-refractivity contribution is 0.0851. The van der Waals surface area contributed by atoms with Crippen molar-refractivity contribution in [2.24, 2.45) is 0 Å². The molecule has 16 rings (SSSR count). The van der Waals surface area contributed by atoms with Gasteiger partial charge < -0.3 is 10.4 Å². The van der Waals surface area contributed by atoms with Gasteiger partial charge in [-0.1, -0.05) is 112 Å². The van der Waals surface area contributed by atoms with Crippen molar-refractivity contribution in [3.8, 4) is 11.4 Å². The minimum Gasteiger partial charge on any atom is -0.390 e. The Labute approximate surface area is 656 Å². The summed E-state index contributed by atoms with van der Waals surface area (Å²) in [5.74, 6) is -3.90. The van der Waals surface area contributed by atoms with Crippen LogP contribution in [0.4, 0.5) is 30.7 Å². The summed E-state index contributed by atoms with van der Waals surface area (Å²) in [7, 11) is -7.53. The largest absolute Gasteiger partial charge is 0.390 e. The van der Waals surface area contributed by atoms with E-state index in [0.717, 1.165) is 201 Å². The number of amides is 1. The molecule has 113 heavy (non-hydrogen) atoms. The summed E-state index contributed by atoms with van der Waals surface area (Å²) < 4.78 is 155. The molecular weight excluding hydrogens is 1490 g/mol. The molecule has 5 aliphatic carbocycles. The van der Waals surface area contributed by atoms with Crippen LogP contribution in [0.2, 0.25) is 0 Å². The average Bonchev–Trinajstić information content (AvgIpc) is 1.63. The number of hydrazine groups is 2. The number of aliphatic hydroxyl groups is 1. The zero-order valence-corrected chi connectivity index (χ0v) is 65.1. The van der Waals surface area contributed by atoms with Gasteiger partial charge >= 0.3 is 0 Å². The molecule has 0 spiro atoms. The van der Waals surface area contributed by atoms with E-state index in [-0.39, 0.29) is 52.5 Å². The van der Waals surface area contributed by atoms with Crippen molar-refractivity contribution < 1.29 is 57.5 Å². The van der Waals surface area contributed by atoms with Gasteiger partial charge in [0.05, 0.1) is 41.0 Å². The van der Waals surface area contributed by atoms with Crippen LogP contribution in [0.1, 0.15) is 242 Å². The fraction of sp³-hybridized carbons (Fsp3) is 0.425. The van der Waals surface area contributed by atoms with Gasteiger partial charge in [0.15, 0.2) is 17.3 Å². The lowest BCUT2D eigenvalue weighted by atomic mass is 9.89. The van der Waals surface area contributed by atoms with Gasteiger partial charge in [-0.2, -0.15) is 15.3 Å². The predicted molar refractivity (Wildman–Crippen MR) is 422 cm³/mol. The second-order valence-electron chi connectivity index (χ2n) is 31.2. The fourth-order valence-electron chi connectivity index (χ4n) is 17.7. The van der Waals surface area contributed by atoms with E-state index in [0.29, 0.717) is 81.4 Å². The number of fused-ring (bicyclic) bond motifs is 4. The molecule has 0 bridgehead atoms. The van der Waals surface area contributed by atoms with Crippen molar-refractivity contribution in [2.45, 2.75) is 209 Å². The molecule has 1 amide bonds. The Bertz CT molecular complexity index is 5110. The Kier molecular flexibility index (Phi) is 26.2. The number of rotatable bonds is 19. The Morgan fingerprint density at radius 3 is 1.39 bits per heavy atom. The Morgan fingerprint density at radius 1 is 0.451 bits per heavy atom. The third kappa shape index (κ3) is 20.1. The second kappa shape index (κ2) is 36.7. The van der Waals surface area contributed by atoms with Crippen molar-refractivity contribution in [1.29, 1.82) is 0 Å². The number of nitrogens with zero attached hydrogens (tertiary/aromatic N) is 8. The quantitative estimate of drug-likeness (QED) is 0.0443. The van der Waals surface area contributed by atoms with Gasteiger partial charge in [0.25, 0.3) is 5.91 Å². The van der Waals surface area contributed by atoms with E-state index in [1.807, 2.05) is 42.5 Å². The number of carbonyl (C=O) groups is 1. The number of benzene rings is 6. The number of sulfonamides is 2. The van der Waals surface area contributed by atoms with E-state index >= 15 is 0 Å². The summed E-state index contributed by atoms with van der Waals surface area (Å²) in [6, 6.07) is 34.0. The van der Waals surface area contributed by atoms with Crippen molar-refractivity contribution in [2.75, 3.05) is 26.2 Å². The van der Waals surface area contributed by atoms with E-state index in [1.54, 1.807) is 28.2 Å². The van der Waals surface area contributed by atoms with Crippen LogP contribution in [-0.2, 0) is 65.0 Å². The van der Waals surface area contributed by atoms with Crippen LogP contribution in [0.3, 0.4) is 0 Å². The third-order valence-corrected chi connectivity index (χ3v) is 25.1. The molecule has 1 saturated carbocycles. The molecule has 2 saturated heterocycles. The molecule has 0 radical (unpaired) electrons. The second-order valence-corrected chi connectivity index (χ2v) is 34.3. The zero-order chi connectivity index (χ0) is 78.8. The maximum absolute atomic E-state index is 15.0. The number of nitrogens with one attached hydrogen (secondary N) is 3. The normalized spacial score (nSPS) is 20.5. The molecule has 26 heteroatoms. The molecule has 2 unspecified atom stereocenters. The Hall–Kier alpha value is -8.89. The van der Waals surface area contributed by atoms with Crippen molar-refractivity contribution in [1.82, 2.24) is 54.3 Å². The smallest absolute Gasteiger partial charge is 0.272 e. The highest BCUT2D eigenvalue weighted by Crippen LogP contribution is 2.43. The first kappa shape index (κ1) is 80.7. The van der Waals surface area contributed by atoms with Crippen molar-refractivity contribution >= 4 is 38.1 Å². The third-order valence-electron chi connectivity index (χ3n) is 23.1. The number of aromatic nitrogens is 6. The van der Waals surface area contributed by atoms with Gasteiger partial charge in [-0.25, -0.2) is 66.9 Å². The molecule has 5 heterocycles. The molecule has 17 nitrogen and oxygen atoms in total. The van der Waals surface area contributed by atoms with E-state index in [9.17, 15) is 57.5 Å². The van der Waals surface area contributed by atoms with Gasteiger partial charge in [0, 0.05) is 95.7 Å². The number of halogens is 7. The highest BCUT2D eigenvalue weighted by molar-refractivity contribution is 7.92. The number of aliphatic hydroxyl groups excluding tert-OH is 1. The standard InChI is InChI=1S/C31H36FN3O2.2C28H31F3N4O2S/c32-23-16-14-20(15-17-23)18-22-9-5-7-13-26-29(34-35(30(22)26)24-10-2-1-3-11-24)31(37)33-28-25-12-6-4-8-21(25)19-27(28)36;29-22-9-6-7-20(18-22)17-21-8-2-3-10-24-26(13-16-38(36,37)33-34-14-4-1-5-15-34)32-35(28(21)24)27-12-11-23(30)19-25(27)31;29-22-10-8-20(9-11-22)18-21-6-2-3-7-24-26(14-17-38(36,37)33-34-15-4-1-5-16-34)32-35(28(21)24)27-13-12-23(30)19-25(27)31/h4,6,8,12,14-17,22,24,27-28,36H,1-3,5,7,9-11,13,18-19H2,(H,33,37);6-7,9,11-13,16,18-19,21,33H,1-5,8,10,14-15,17H2;8-14,17,19,21,33H,1-7,15-16,18H2/b;16-13+;17-14+/t22-,27-,28+;;/m0../s1. The summed E-state index contributed by atoms with van der Waals surface area (Å²) in [4.78, 5) is 19.0. The summed E-state index contributed by atoms with van der Waals surface area (Å²) >= 11 is 0. The maximum Gasteiger partial charge on any atom is 0.272 e. The van der Waals surface area contributed by atoms with Gasteiger partial charge in [0.1, 0.15) is 40.5 Å². The molecule has 4 N–H and O–H groups in total. The van der Waals surface area contributed by atoms with E-state index in [1.165, 1.54) is 107 Å². The molecule has 2 aliphatic heterocycles. The first-order valence-electron chi connectivity index (χ1n) is 40.1. The summed E-state index contributed by atoms with van der Waals surface area (Å²) in [5, 5.41) is 33.9. The number of piperidine rings is 2. The SMILES string of the molecule is O=C(N[C@@H]1c2ccccc2C[C@@H]1O)c1nn(C2CCCCC2)c2c1CCCC[C@H]2Cc1ccc(F)cc1.O=S(=O)(/C=C/c1nn(-c2ccc(F)cc2F)c2c1CCCCC2Cc1ccc(F)cc1)NN1CCCCC1.O=S(=O)(/C=C/c1nn(-c2ccc(F)cc2F)c2c1CCCCC2Cc1cccc(F)c1)NN1CCCCC1. The Balaban J connectivity index is 0.000000141. The molecular formula is C87H98F7N11O6S2. The van der Waals surface area contributed by atoms with Gasteiger partial charge in [0.2, 0.25) is 20.0 Å². The number of carbonyl (C=O) groups excluding carboxylic acids is 1. The number of hydrogen-bond acceptors (Lipinski definition) is 11. The summed E-state index contributed by atoms with van der Waals surface area (Å²) in [6.45, 7) is 2.63. The van der Waals surface area contributed by atoms with E-state index in [4.69, 9.17) is 5.10 Å². The number of hydrogen-bond donors (Lipinski definition) is 4. The van der Waals surface area contributed by atoms with Crippen LogP contribution in [0, 0.1) is 40.7 Å². The molecule has 6 aromatic carbocycles. The van der Waals surface area contributed by atoms with Crippen molar-refractivity contribution in [3.63, 3.8) is 0 Å². The minimum absolute atomic E-state index is 0.0693. The first-order chi connectivity index (χ1) is 54.7. The van der Waals surface area contributed by atoms with E-state index < -0.39 is 55.5 Å². The highest BCUT2D eigenvalue weighted by Gasteiger charge is 2.38. The monoisotopic (exact) mass is 1590 g/mol. The van der Waals surface area contributed by atoms with Gasteiger partial charge in [-0.05, 0) is 216 Å². The van der Waals surface area contributed by atoms with Crippen molar-refractivity contribution in [3.05, 3.63) is 264 Å². The van der Waals surface area contributed by atoms with Gasteiger partial charge in [-0.3, -0.25) is 9.48 Å². The molecule has 598 valence electrons. The topological polar surface area (TPSA) is 202 Å². The predicted octanol–water partition coefficient (Wildman–Crippen LogP) is 17.2. The summed E-state index contributed by atoms with van der Waals surface area (Å²) in [5.41, 5.74) is 12.0. The zero-order valence-electron chi connectivity index (χ0n) is 63.4. The van der Waals surface area contributed by atoms with Crippen LogP contribution < -0.4 is 15.0 Å². The molecule has 7 aliphatic rings. The van der Waals surface area contributed by atoms with Crippen LogP contribution >= 0.6 is 0 Å². The molecule has 3 fully saturated rings. The van der Waals surface area contributed by atoms with Crippen LogP contribution in [0.5, 0.6) is 0 Å². The minimum atomic E-state index is -3.77. The van der Waals surface area contributed by atoms with Crippen LogP contribution in [0.15, 0.2) is 144 Å². The van der Waals surface area contributed by atoms with E-state index in [2.05, 4.69) is 29.9 Å². The maximum atomic E-state index is 15.0. The lowest BCUT2D eigenvalue weighted by Crippen LogP contribution is -2.44. The molecule has 9 aromatic rings. The highest BCUT2D eigenvalue weighted by atomic mass is 32.2. The van der Waals surface area contributed by atoms with Crippen LogP contribution in [0.25, 0.3) is 23.5 Å². The summed E-state index contributed by atoms with van der Waals surface area (Å²) in [6.07, 6.45) is 26.9. The van der Waals surface area contributed by atoms with Gasteiger partial charge in [-0.15, -0.1) is 9.66 Å².